The van der Waals surface area contributed by atoms with Crippen molar-refractivity contribution in [3.63, 3.8) is 0 Å². The third-order valence-corrected chi connectivity index (χ3v) is 4.33. The number of hydrogen-bond donors (Lipinski definition) is 1. The number of hydrogen-bond acceptors (Lipinski definition) is 3. The molecule has 1 rings (SSSR count). The van der Waals surface area contributed by atoms with E-state index in [0.717, 1.165) is 44.2 Å². The van der Waals surface area contributed by atoms with Gasteiger partial charge in [-0.15, -0.1) is 0 Å². The molecule has 120 valence electrons. The van der Waals surface area contributed by atoms with E-state index in [1.807, 2.05) is 12.3 Å². The van der Waals surface area contributed by atoms with Gasteiger partial charge in [-0.25, -0.2) is 0 Å². The fourth-order valence-corrected chi connectivity index (χ4v) is 2.84. The van der Waals surface area contributed by atoms with E-state index in [2.05, 4.69) is 49.7 Å². The average molecular weight is 291 g/mol. The van der Waals surface area contributed by atoms with Gasteiger partial charge in [0.1, 0.15) is 0 Å². The van der Waals surface area contributed by atoms with Gasteiger partial charge in [0.05, 0.1) is 5.69 Å². The predicted molar refractivity (Wildman–Crippen MR) is 91.0 cm³/mol. The smallest absolute Gasteiger partial charge is 0.0543 e. The van der Waals surface area contributed by atoms with Crippen molar-refractivity contribution >= 4 is 0 Å². The van der Waals surface area contributed by atoms with Crippen LogP contribution < -0.4 is 5.73 Å². The minimum atomic E-state index is 0.359. The summed E-state index contributed by atoms with van der Waals surface area (Å²) in [5.41, 5.74) is 7.29. The highest BCUT2D eigenvalue weighted by atomic mass is 15.1. The van der Waals surface area contributed by atoms with Crippen molar-refractivity contribution < 1.29 is 0 Å². The Balaban J connectivity index is 2.40. The van der Waals surface area contributed by atoms with Gasteiger partial charge in [0, 0.05) is 12.7 Å². The second-order valence-corrected chi connectivity index (χ2v) is 6.97. The van der Waals surface area contributed by atoms with E-state index >= 15 is 0 Å². The Bertz CT molecular complexity index is 370. The zero-order valence-electron chi connectivity index (χ0n) is 14.3. The molecule has 21 heavy (non-hydrogen) atoms. The number of aromatic nitrogens is 1. The molecule has 3 nitrogen and oxygen atoms in total. The van der Waals surface area contributed by atoms with Gasteiger partial charge in [-0.2, -0.15) is 0 Å². The third kappa shape index (κ3) is 7.05. The van der Waals surface area contributed by atoms with E-state index in [1.165, 1.54) is 12.8 Å². The summed E-state index contributed by atoms with van der Waals surface area (Å²) in [7, 11) is 0. The number of rotatable bonds is 9. The predicted octanol–water partition coefficient (Wildman–Crippen LogP) is 3.69. The van der Waals surface area contributed by atoms with Crippen LogP contribution in [0.5, 0.6) is 0 Å². The van der Waals surface area contributed by atoms with Gasteiger partial charge in [-0.1, -0.05) is 33.8 Å². The van der Waals surface area contributed by atoms with Gasteiger partial charge in [-0.05, 0) is 62.4 Å². The highest BCUT2D eigenvalue weighted by Gasteiger charge is 2.23. The zero-order chi connectivity index (χ0) is 15.7. The summed E-state index contributed by atoms with van der Waals surface area (Å²) < 4.78 is 0. The molecule has 1 atom stereocenters. The van der Waals surface area contributed by atoms with Gasteiger partial charge in [0.25, 0.3) is 0 Å². The molecule has 3 heteroatoms. The number of nitrogens with zero attached hydrogens (tertiary/aromatic N) is 2. The Morgan fingerprint density at radius 3 is 2.52 bits per heavy atom. The van der Waals surface area contributed by atoms with Crippen LogP contribution in [-0.4, -0.2) is 29.5 Å². The normalized spacial score (nSPS) is 13.6. The molecule has 0 aliphatic carbocycles. The highest BCUT2D eigenvalue weighted by molar-refractivity contribution is 5.03. The topological polar surface area (TPSA) is 42.1 Å². The van der Waals surface area contributed by atoms with Crippen LogP contribution in [0.3, 0.4) is 0 Å². The van der Waals surface area contributed by atoms with Gasteiger partial charge in [0.15, 0.2) is 0 Å². The van der Waals surface area contributed by atoms with Gasteiger partial charge < -0.3 is 5.73 Å². The number of nitrogens with two attached hydrogens (primary N) is 1. The first-order chi connectivity index (χ1) is 9.97. The minimum Gasteiger partial charge on any atom is -0.330 e. The lowest BCUT2D eigenvalue weighted by Crippen LogP contribution is -2.27. The fourth-order valence-electron chi connectivity index (χ4n) is 2.84. The average Bonchev–Trinajstić information content (AvgIpc) is 2.45. The lowest BCUT2D eigenvalue weighted by Gasteiger charge is -2.31. The lowest BCUT2D eigenvalue weighted by atomic mass is 9.76. The molecular weight excluding hydrogens is 258 g/mol. The van der Waals surface area contributed by atoms with Crippen LogP contribution in [0.15, 0.2) is 24.4 Å². The van der Waals surface area contributed by atoms with E-state index < -0.39 is 0 Å². The fraction of sp³-hybridized carbons (Fsp3) is 0.722. The SMILES string of the molecule is CCN(CCCC(CCN)C(C)(C)C)Cc1ccccn1. The van der Waals surface area contributed by atoms with Gasteiger partial charge in [-0.3, -0.25) is 9.88 Å². The van der Waals surface area contributed by atoms with E-state index in [1.54, 1.807) is 0 Å². The molecule has 1 aromatic heterocycles. The molecule has 0 saturated carbocycles. The Labute approximate surface area is 130 Å². The molecule has 0 saturated heterocycles. The molecule has 0 bridgehead atoms. The second kappa shape index (κ2) is 9.16. The first kappa shape index (κ1) is 18.1. The van der Waals surface area contributed by atoms with Gasteiger partial charge in [0.2, 0.25) is 0 Å². The van der Waals surface area contributed by atoms with Gasteiger partial charge >= 0.3 is 0 Å². The summed E-state index contributed by atoms with van der Waals surface area (Å²) in [4.78, 5) is 6.90. The molecule has 0 amide bonds. The van der Waals surface area contributed by atoms with Crippen LogP contribution in [0.1, 0.15) is 52.7 Å². The maximum Gasteiger partial charge on any atom is 0.0543 e. The molecule has 0 aliphatic rings. The molecule has 1 heterocycles. The molecule has 1 aromatic rings. The largest absolute Gasteiger partial charge is 0.330 e. The highest BCUT2D eigenvalue weighted by Crippen LogP contribution is 2.32. The Morgan fingerprint density at radius 1 is 1.24 bits per heavy atom. The summed E-state index contributed by atoms with van der Waals surface area (Å²) in [6.07, 6.45) is 5.51. The summed E-state index contributed by atoms with van der Waals surface area (Å²) in [6, 6.07) is 6.14. The molecular formula is C18H33N3. The van der Waals surface area contributed by atoms with Crippen molar-refractivity contribution in [3.8, 4) is 0 Å². The van der Waals surface area contributed by atoms with E-state index in [-0.39, 0.29) is 0 Å². The van der Waals surface area contributed by atoms with Crippen LogP contribution in [0.2, 0.25) is 0 Å². The van der Waals surface area contributed by atoms with Crippen molar-refractivity contribution in [1.82, 2.24) is 9.88 Å². The van der Waals surface area contributed by atoms with Crippen LogP contribution in [0.4, 0.5) is 0 Å². The zero-order valence-corrected chi connectivity index (χ0v) is 14.3. The van der Waals surface area contributed by atoms with Crippen LogP contribution in [0.25, 0.3) is 0 Å². The Kier molecular flexibility index (Phi) is 7.91. The lowest BCUT2D eigenvalue weighted by molar-refractivity contribution is 0.193. The summed E-state index contributed by atoms with van der Waals surface area (Å²) in [6.45, 7) is 13.2. The van der Waals surface area contributed by atoms with Crippen molar-refractivity contribution in [2.75, 3.05) is 19.6 Å². The summed E-state index contributed by atoms with van der Waals surface area (Å²) >= 11 is 0. The van der Waals surface area contributed by atoms with E-state index in [9.17, 15) is 0 Å². The van der Waals surface area contributed by atoms with Crippen molar-refractivity contribution in [2.24, 2.45) is 17.1 Å². The quantitative estimate of drug-likeness (QED) is 0.754. The van der Waals surface area contributed by atoms with Crippen molar-refractivity contribution in [1.29, 1.82) is 0 Å². The molecule has 1 unspecified atom stereocenters. The molecule has 2 N–H and O–H groups in total. The molecule has 0 aliphatic heterocycles. The van der Waals surface area contributed by atoms with Crippen LogP contribution >= 0.6 is 0 Å². The summed E-state index contributed by atoms with van der Waals surface area (Å²) in [5.74, 6) is 0.719. The van der Waals surface area contributed by atoms with E-state index in [0.29, 0.717) is 5.41 Å². The van der Waals surface area contributed by atoms with E-state index in [4.69, 9.17) is 5.73 Å². The monoisotopic (exact) mass is 291 g/mol. The van der Waals surface area contributed by atoms with Crippen molar-refractivity contribution in [2.45, 2.75) is 53.5 Å². The Hall–Kier alpha value is -0.930. The molecule has 0 aromatic carbocycles. The second-order valence-electron chi connectivity index (χ2n) is 6.97. The van der Waals surface area contributed by atoms with Crippen LogP contribution in [0, 0.1) is 11.3 Å². The van der Waals surface area contributed by atoms with Crippen LogP contribution in [-0.2, 0) is 6.54 Å². The minimum absolute atomic E-state index is 0.359. The first-order valence-corrected chi connectivity index (χ1v) is 8.29. The molecule has 0 spiro atoms. The Morgan fingerprint density at radius 2 is 2.00 bits per heavy atom. The first-order valence-electron chi connectivity index (χ1n) is 8.29. The maximum absolute atomic E-state index is 5.77. The molecule has 0 radical (unpaired) electrons. The molecule has 0 fully saturated rings. The summed E-state index contributed by atoms with van der Waals surface area (Å²) in [5, 5.41) is 0. The number of pyridine rings is 1. The third-order valence-electron chi connectivity index (χ3n) is 4.33. The maximum atomic E-state index is 5.77. The standard InChI is InChI=1S/C18H33N3/c1-5-21(15-17-10-6-7-13-20-17)14-8-9-16(11-12-19)18(2,3)4/h6-7,10,13,16H,5,8-9,11-12,14-15,19H2,1-4H3. The van der Waals surface area contributed by atoms with Crippen molar-refractivity contribution in [3.05, 3.63) is 30.1 Å².